The summed E-state index contributed by atoms with van der Waals surface area (Å²) in [6, 6.07) is 13.4. The standard InChI is InChI=1S/C26H30N4O2S/c1-3-12-30-25(32)22-11-10-21(14-23(22)28-26(30)33)24(31)27-15-19-6-8-20(9-7-19)17-29-13-4-5-18(2)16-29/h3,6-11,14,18H,1,4-5,12-13,15-17H2,2H3,(H,27,31)(H,28,33). The molecule has 1 aliphatic rings. The van der Waals surface area contributed by atoms with Crippen molar-refractivity contribution in [1.82, 2.24) is 19.8 Å². The Morgan fingerprint density at radius 2 is 2.00 bits per heavy atom. The molecule has 33 heavy (non-hydrogen) atoms. The van der Waals surface area contributed by atoms with E-state index in [1.165, 1.54) is 29.5 Å². The molecular formula is C26H30N4O2S. The molecule has 0 aliphatic carbocycles. The number of amides is 1. The fourth-order valence-electron chi connectivity index (χ4n) is 4.43. The van der Waals surface area contributed by atoms with Gasteiger partial charge >= 0.3 is 0 Å². The zero-order valence-corrected chi connectivity index (χ0v) is 19.8. The second-order valence-electron chi connectivity index (χ2n) is 8.88. The molecule has 1 saturated heterocycles. The summed E-state index contributed by atoms with van der Waals surface area (Å²) in [5, 5.41) is 3.45. The molecule has 1 unspecified atom stereocenters. The lowest BCUT2D eigenvalue weighted by Gasteiger charge is -2.30. The summed E-state index contributed by atoms with van der Waals surface area (Å²) in [4.78, 5) is 30.9. The van der Waals surface area contributed by atoms with Gasteiger partial charge in [-0.2, -0.15) is 0 Å². The number of piperidine rings is 1. The predicted molar refractivity (Wildman–Crippen MR) is 135 cm³/mol. The second kappa shape index (κ2) is 10.3. The van der Waals surface area contributed by atoms with Crippen LogP contribution in [0, 0.1) is 10.7 Å². The number of aromatic nitrogens is 2. The number of fused-ring (bicyclic) bond motifs is 1. The first kappa shape index (κ1) is 23.1. The summed E-state index contributed by atoms with van der Waals surface area (Å²) in [5.41, 5.74) is 3.18. The number of H-pyrrole nitrogens is 1. The first-order valence-corrected chi connectivity index (χ1v) is 11.8. The van der Waals surface area contributed by atoms with Crippen LogP contribution in [0.1, 0.15) is 41.3 Å². The molecule has 4 rings (SSSR count). The highest BCUT2D eigenvalue weighted by molar-refractivity contribution is 7.71. The Balaban J connectivity index is 1.40. The average molecular weight is 463 g/mol. The van der Waals surface area contributed by atoms with Crippen LogP contribution in [-0.4, -0.2) is 33.4 Å². The van der Waals surface area contributed by atoms with E-state index in [-0.39, 0.29) is 11.5 Å². The minimum atomic E-state index is -0.196. The third-order valence-corrected chi connectivity index (χ3v) is 6.50. The quantitative estimate of drug-likeness (QED) is 0.403. The molecule has 0 radical (unpaired) electrons. The van der Waals surface area contributed by atoms with E-state index in [2.05, 4.69) is 53.0 Å². The van der Waals surface area contributed by atoms with Gasteiger partial charge in [-0.25, -0.2) is 0 Å². The summed E-state index contributed by atoms with van der Waals surface area (Å²) >= 11 is 5.28. The van der Waals surface area contributed by atoms with Crippen molar-refractivity contribution in [2.75, 3.05) is 13.1 Å². The van der Waals surface area contributed by atoms with Gasteiger partial charge in [0.25, 0.3) is 11.5 Å². The monoisotopic (exact) mass is 462 g/mol. The number of aromatic amines is 1. The van der Waals surface area contributed by atoms with Gasteiger partial charge in [-0.05, 0) is 66.8 Å². The number of hydrogen-bond donors (Lipinski definition) is 2. The van der Waals surface area contributed by atoms with E-state index in [0.717, 1.165) is 24.6 Å². The molecule has 172 valence electrons. The molecule has 2 aromatic carbocycles. The average Bonchev–Trinajstić information content (AvgIpc) is 2.81. The lowest BCUT2D eigenvalue weighted by atomic mass is 9.99. The van der Waals surface area contributed by atoms with Crippen molar-refractivity contribution in [2.24, 2.45) is 5.92 Å². The molecule has 1 atom stereocenters. The number of allylic oxidation sites excluding steroid dienone is 1. The number of nitrogens with one attached hydrogen (secondary N) is 2. The van der Waals surface area contributed by atoms with Gasteiger partial charge in [0, 0.05) is 31.7 Å². The molecule has 1 amide bonds. The number of nitrogens with zero attached hydrogens (tertiary/aromatic N) is 2. The van der Waals surface area contributed by atoms with Crippen molar-refractivity contribution < 1.29 is 4.79 Å². The Morgan fingerprint density at radius 3 is 2.73 bits per heavy atom. The summed E-state index contributed by atoms with van der Waals surface area (Å²) in [5.74, 6) is 0.574. The van der Waals surface area contributed by atoms with Crippen LogP contribution in [0.15, 0.2) is 59.9 Å². The molecule has 1 aromatic heterocycles. The number of hydrogen-bond acceptors (Lipinski definition) is 4. The van der Waals surface area contributed by atoms with Crippen molar-refractivity contribution in [3.05, 3.63) is 86.9 Å². The highest BCUT2D eigenvalue weighted by Crippen LogP contribution is 2.18. The summed E-state index contributed by atoms with van der Waals surface area (Å²) in [6.45, 7) is 10.1. The molecular weight excluding hydrogens is 432 g/mol. The molecule has 1 aliphatic heterocycles. The van der Waals surface area contributed by atoms with Crippen LogP contribution in [0.2, 0.25) is 0 Å². The molecule has 7 heteroatoms. The summed E-state index contributed by atoms with van der Waals surface area (Å²) in [7, 11) is 0. The molecule has 0 bridgehead atoms. The molecule has 0 spiro atoms. The highest BCUT2D eigenvalue weighted by atomic mass is 32.1. The SMILES string of the molecule is C=CCn1c(=S)[nH]c2cc(C(=O)NCc3ccc(CN4CCCC(C)C4)cc3)ccc2c1=O. The Hall–Kier alpha value is -3.03. The topological polar surface area (TPSA) is 70.1 Å². The van der Waals surface area contributed by atoms with Crippen LogP contribution < -0.4 is 10.9 Å². The number of likely N-dealkylation sites (tertiary alicyclic amines) is 1. The van der Waals surface area contributed by atoms with Crippen LogP contribution in [0.5, 0.6) is 0 Å². The molecule has 2 N–H and O–H groups in total. The zero-order valence-electron chi connectivity index (χ0n) is 19.0. The normalized spacial score (nSPS) is 16.6. The van der Waals surface area contributed by atoms with E-state index in [1.807, 2.05) is 0 Å². The summed E-state index contributed by atoms with van der Waals surface area (Å²) in [6.07, 6.45) is 4.22. The molecule has 0 saturated carbocycles. The minimum Gasteiger partial charge on any atom is -0.348 e. The van der Waals surface area contributed by atoms with E-state index in [9.17, 15) is 9.59 Å². The van der Waals surface area contributed by atoms with Crippen LogP contribution >= 0.6 is 12.2 Å². The van der Waals surface area contributed by atoms with Crippen LogP contribution in [-0.2, 0) is 19.6 Å². The third-order valence-electron chi connectivity index (χ3n) is 6.18. The Morgan fingerprint density at radius 1 is 1.24 bits per heavy atom. The van der Waals surface area contributed by atoms with E-state index >= 15 is 0 Å². The van der Waals surface area contributed by atoms with Gasteiger partial charge in [-0.15, -0.1) is 6.58 Å². The van der Waals surface area contributed by atoms with E-state index in [4.69, 9.17) is 12.2 Å². The molecule has 2 heterocycles. The van der Waals surface area contributed by atoms with E-state index in [0.29, 0.717) is 34.3 Å². The maximum atomic E-state index is 12.7. The van der Waals surface area contributed by atoms with Crippen molar-refractivity contribution in [1.29, 1.82) is 0 Å². The Bertz CT molecular complexity index is 1280. The number of carbonyl (C=O) groups excluding carboxylic acids is 1. The zero-order chi connectivity index (χ0) is 23.4. The first-order valence-electron chi connectivity index (χ1n) is 11.4. The number of carbonyl (C=O) groups is 1. The molecule has 3 aromatic rings. The minimum absolute atomic E-state index is 0.195. The molecule has 6 nitrogen and oxygen atoms in total. The largest absolute Gasteiger partial charge is 0.348 e. The van der Waals surface area contributed by atoms with Crippen LogP contribution in [0.3, 0.4) is 0 Å². The highest BCUT2D eigenvalue weighted by Gasteiger charge is 2.16. The van der Waals surface area contributed by atoms with Crippen LogP contribution in [0.25, 0.3) is 10.9 Å². The van der Waals surface area contributed by atoms with Crippen molar-refractivity contribution in [3.63, 3.8) is 0 Å². The van der Waals surface area contributed by atoms with E-state index in [1.54, 1.807) is 24.3 Å². The van der Waals surface area contributed by atoms with Gasteiger partial charge in [0.1, 0.15) is 0 Å². The van der Waals surface area contributed by atoms with Gasteiger partial charge in [0.15, 0.2) is 4.77 Å². The van der Waals surface area contributed by atoms with Crippen LogP contribution in [0.4, 0.5) is 0 Å². The molecule has 1 fully saturated rings. The first-order chi connectivity index (χ1) is 15.9. The van der Waals surface area contributed by atoms with E-state index < -0.39 is 0 Å². The van der Waals surface area contributed by atoms with Crippen molar-refractivity contribution >= 4 is 29.0 Å². The van der Waals surface area contributed by atoms with Gasteiger partial charge < -0.3 is 10.3 Å². The lowest BCUT2D eigenvalue weighted by molar-refractivity contribution is 0.0951. The predicted octanol–water partition coefficient (Wildman–Crippen LogP) is 4.41. The van der Waals surface area contributed by atoms with Gasteiger partial charge in [-0.1, -0.05) is 37.3 Å². The fourth-order valence-corrected chi connectivity index (χ4v) is 4.69. The third kappa shape index (κ3) is 5.49. The Kier molecular flexibility index (Phi) is 7.20. The Labute approximate surface area is 198 Å². The maximum absolute atomic E-state index is 12.7. The fraction of sp³-hybridized carbons (Fsp3) is 0.346. The lowest BCUT2D eigenvalue weighted by Crippen LogP contribution is -2.33. The smallest absolute Gasteiger partial charge is 0.262 e. The van der Waals surface area contributed by atoms with Gasteiger partial charge in [0.2, 0.25) is 0 Å². The second-order valence-corrected chi connectivity index (χ2v) is 9.26. The maximum Gasteiger partial charge on any atom is 0.262 e. The van der Waals surface area contributed by atoms with Crippen molar-refractivity contribution in [3.8, 4) is 0 Å². The number of benzene rings is 2. The number of rotatable bonds is 7. The van der Waals surface area contributed by atoms with Crippen molar-refractivity contribution in [2.45, 2.75) is 39.4 Å². The van der Waals surface area contributed by atoms with Gasteiger partial charge in [0.05, 0.1) is 10.9 Å². The van der Waals surface area contributed by atoms with Gasteiger partial charge in [-0.3, -0.25) is 19.1 Å². The summed E-state index contributed by atoms with van der Waals surface area (Å²) < 4.78 is 1.75.